The van der Waals surface area contributed by atoms with Crippen molar-refractivity contribution >= 4 is 5.91 Å². The van der Waals surface area contributed by atoms with Gasteiger partial charge in [-0.3, -0.25) is 9.69 Å². The zero-order valence-electron chi connectivity index (χ0n) is 14.5. The number of aromatic nitrogens is 2. The second-order valence-corrected chi connectivity index (χ2v) is 5.93. The first-order valence-corrected chi connectivity index (χ1v) is 8.53. The quantitative estimate of drug-likeness (QED) is 0.768. The van der Waals surface area contributed by atoms with E-state index < -0.39 is 0 Å². The largest absolute Gasteiger partial charge is 0.497 e. The first-order chi connectivity index (χ1) is 12.3. The van der Waals surface area contributed by atoms with Crippen molar-refractivity contribution in [2.24, 2.45) is 0 Å². The smallest absolute Gasteiger partial charge is 0.271 e. The van der Waals surface area contributed by atoms with Crippen LogP contribution >= 0.6 is 0 Å². The predicted octanol–water partition coefficient (Wildman–Crippen LogP) is 1.33. The molecule has 25 heavy (non-hydrogen) atoms. The van der Waals surface area contributed by atoms with Gasteiger partial charge in [0.1, 0.15) is 17.8 Å². The molecule has 1 aromatic carbocycles. The molecule has 0 spiro atoms. The maximum Gasteiger partial charge on any atom is 0.271 e. The number of carbonyl (C=O) groups excluding carboxylic acids is 1. The summed E-state index contributed by atoms with van der Waals surface area (Å²) in [6, 6.07) is 7.59. The van der Waals surface area contributed by atoms with E-state index in [1.807, 2.05) is 28.8 Å². The Bertz CT molecular complexity index is 678. The summed E-state index contributed by atoms with van der Waals surface area (Å²) in [7, 11) is 1.63. The third-order valence-corrected chi connectivity index (χ3v) is 4.23. The van der Waals surface area contributed by atoms with Crippen LogP contribution in [-0.2, 0) is 4.74 Å². The highest BCUT2D eigenvalue weighted by molar-refractivity contribution is 5.92. The molecule has 7 nitrogen and oxygen atoms in total. The maximum absolute atomic E-state index is 12.2. The molecule has 134 valence electrons. The average molecular weight is 344 g/mol. The number of hydrogen-bond donors (Lipinski definition) is 1. The summed E-state index contributed by atoms with van der Waals surface area (Å²) < 4.78 is 12.3. The van der Waals surface area contributed by atoms with Crippen molar-refractivity contribution in [3.05, 3.63) is 42.5 Å². The van der Waals surface area contributed by atoms with Crippen LogP contribution in [0.5, 0.6) is 5.75 Å². The third-order valence-electron chi connectivity index (χ3n) is 4.23. The number of amides is 1. The molecule has 7 heteroatoms. The van der Waals surface area contributed by atoms with Crippen LogP contribution in [0.1, 0.15) is 16.9 Å². The molecule has 0 atom stereocenters. The zero-order chi connectivity index (χ0) is 17.5. The fourth-order valence-electron chi connectivity index (χ4n) is 2.76. The van der Waals surface area contributed by atoms with Gasteiger partial charge in [0.15, 0.2) is 0 Å². The van der Waals surface area contributed by atoms with Crippen LogP contribution < -0.4 is 10.1 Å². The number of rotatable bonds is 7. The fraction of sp³-hybridized carbons (Fsp3) is 0.444. The van der Waals surface area contributed by atoms with Gasteiger partial charge in [0, 0.05) is 31.5 Å². The highest BCUT2D eigenvalue weighted by Gasteiger charge is 2.12. The van der Waals surface area contributed by atoms with Crippen LogP contribution in [0.15, 0.2) is 36.8 Å². The van der Waals surface area contributed by atoms with Crippen LogP contribution in [0.4, 0.5) is 0 Å². The Morgan fingerprint density at radius 1 is 1.28 bits per heavy atom. The van der Waals surface area contributed by atoms with Crippen molar-refractivity contribution in [3.63, 3.8) is 0 Å². The molecule has 0 bridgehead atoms. The fourth-order valence-corrected chi connectivity index (χ4v) is 2.76. The van der Waals surface area contributed by atoms with Gasteiger partial charge in [-0.1, -0.05) is 0 Å². The van der Waals surface area contributed by atoms with Gasteiger partial charge >= 0.3 is 0 Å². The standard InChI is InChI=1S/C18H24N4O3/c1-24-16-5-3-15(4-6-16)22-13-17(20-14-22)18(23)19-7-2-8-21-9-11-25-12-10-21/h3-6,13-14H,2,7-12H2,1H3,(H,19,23). The van der Waals surface area contributed by atoms with Crippen molar-refractivity contribution < 1.29 is 14.3 Å². The minimum Gasteiger partial charge on any atom is -0.497 e. The van der Waals surface area contributed by atoms with Gasteiger partial charge in [0.25, 0.3) is 5.91 Å². The van der Waals surface area contributed by atoms with Gasteiger partial charge in [-0.15, -0.1) is 0 Å². The molecule has 1 aromatic heterocycles. The van der Waals surface area contributed by atoms with Gasteiger partial charge in [-0.2, -0.15) is 0 Å². The lowest BCUT2D eigenvalue weighted by molar-refractivity contribution is 0.0374. The Kier molecular flexibility index (Phi) is 6.03. The van der Waals surface area contributed by atoms with Crippen molar-refractivity contribution in [1.29, 1.82) is 0 Å². The summed E-state index contributed by atoms with van der Waals surface area (Å²) in [4.78, 5) is 18.8. The lowest BCUT2D eigenvalue weighted by Crippen LogP contribution is -2.38. The predicted molar refractivity (Wildman–Crippen MR) is 94.3 cm³/mol. The van der Waals surface area contributed by atoms with Crippen molar-refractivity contribution in [3.8, 4) is 11.4 Å². The number of nitrogens with zero attached hydrogens (tertiary/aromatic N) is 3. The van der Waals surface area contributed by atoms with E-state index in [1.165, 1.54) is 0 Å². The van der Waals surface area contributed by atoms with Gasteiger partial charge in [0.2, 0.25) is 0 Å². The van der Waals surface area contributed by atoms with Crippen LogP contribution in [0.3, 0.4) is 0 Å². The molecular weight excluding hydrogens is 320 g/mol. The summed E-state index contributed by atoms with van der Waals surface area (Å²) >= 11 is 0. The number of nitrogens with one attached hydrogen (secondary N) is 1. The Hall–Kier alpha value is -2.38. The third kappa shape index (κ3) is 4.80. The Labute approximate surface area is 147 Å². The molecule has 0 unspecified atom stereocenters. The van der Waals surface area contributed by atoms with Gasteiger partial charge < -0.3 is 19.4 Å². The number of carbonyl (C=O) groups is 1. The first kappa shape index (κ1) is 17.4. The van der Waals surface area contributed by atoms with Gasteiger partial charge in [-0.05, 0) is 37.2 Å². The summed E-state index contributed by atoms with van der Waals surface area (Å²) in [5.41, 5.74) is 1.35. The molecule has 3 rings (SSSR count). The molecule has 1 aliphatic rings. The number of imidazole rings is 1. The molecule has 0 aliphatic carbocycles. The Balaban J connectivity index is 1.46. The monoisotopic (exact) mass is 344 g/mol. The number of methoxy groups -OCH3 is 1. The zero-order valence-corrected chi connectivity index (χ0v) is 14.5. The molecule has 1 fully saturated rings. The first-order valence-electron chi connectivity index (χ1n) is 8.53. The molecule has 0 radical (unpaired) electrons. The second kappa shape index (κ2) is 8.64. The highest BCUT2D eigenvalue weighted by Crippen LogP contribution is 2.15. The van der Waals surface area contributed by atoms with Crippen LogP contribution in [0.25, 0.3) is 5.69 Å². The van der Waals surface area contributed by atoms with E-state index >= 15 is 0 Å². The normalized spacial score (nSPS) is 15.1. The topological polar surface area (TPSA) is 68.6 Å². The molecule has 2 aromatic rings. The van der Waals surface area contributed by atoms with E-state index in [2.05, 4.69) is 15.2 Å². The molecule has 1 aliphatic heterocycles. The SMILES string of the molecule is COc1ccc(-n2cnc(C(=O)NCCCN3CCOCC3)c2)cc1. The lowest BCUT2D eigenvalue weighted by Gasteiger charge is -2.26. The minimum atomic E-state index is -0.144. The van der Waals surface area contributed by atoms with E-state index in [9.17, 15) is 4.79 Å². The number of ether oxygens (including phenoxy) is 2. The Morgan fingerprint density at radius 2 is 2.04 bits per heavy atom. The molecule has 2 heterocycles. The highest BCUT2D eigenvalue weighted by atomic mass is 16.5. The van der Waals surface area contributed by atoms with E-state index in [1.54, 1.807) is 19.6 Å². The van der Waals surface area contributed by atoms with Crippen LogP contribution in [-0.4, -0.2) is 66.9 Å². The van der Waals surface area contributed by atoms with E-state index in [-0.39, 0.29) is 5.91 Å². The number of benzene rings is 1. The molecule has 0 saturated carbocycles. The van der Waals surface area contributed by atoms with Crippen LogP contribution in [0.2, 0.25) is 0 Å². The van der Waals surface area contributed by atoms with Crippen molar-refractivity contribution in [2.45, 2.75) is 6.42 Å². The average Bonchev–Trinajstić information content (AvgIpc) is 3.16. The summed E-state index contributed by atoms with van der Waals surface area (Å²) in [6.07, 6.45) is 4.30. The second-order valence-electron chi connectivity index (χ2n) is 5.93. The molecule has 1 saturated heterocycles. The van der Waals surface area contributed by atoms with Crippen LogP contribution in [0, 0.1) is 0 Å². The number of hydrogen-bond acceptors (Lipinski definition) is 5. The van der Waals surface area contributed by atoms with Gasteiger partial charge in [0.05, 0.1) is 20.3 Å². The van der Waals surface area contributed by atoms with E-state index in [0.717, 1.165) is 50.7 Å². The molecule has 1 N–H and O–H groups in total. The van der Waals surface area contributed by atoms with Crippen molar-refractivity contribution in [1.82, 2.24) is 19.8 Å². The van der Waals surface area contributed by atoms with E-state index in [0.29, 0.717) is 12.2 Å². The van der Waals surface area contributed by atoms with Gasteiger partial charge in [-0.25, -0.2) is 4.98 Å². The summed E-state index contributed by atoms with van der Waals surface area (Å²) in [5, 5.41) is 2.93. The maximum atomic E-state index is 12.2. The lowest BCUT2D eigenvalue weighted by atomic mass is 10.3. The Morgan fingerprint density at radius 3 is 2.76 bits per heavy atom. The molecule has 1 amide bonds. The number of morpholine rings is 1. The summed E-state index contributed by atoms with van der Waals surface area (Å²) in [5.74, 6) is 0.649. The molecular formula is C18H24N4O3. The van der Waals surface area contributed by atoms with Crippen molar-refractivity contribution in [2.75, 3.05) is 46.5 Å². The summed E-state index contributed by atoms with van der Waals surface area (Å²) in [6.45, 7) is 5.17. The minimum absolute atomic E-state index is 0.144. The van der Waals surface area contributed by atoms with E-state index in [4.69, 9.17) is 9.47 Å².